The number of carbonyl (C=O) groups excluding carboxylic acids is 1. The quantitative estimate of drug-likeness (QED) is 0.855. The van der Waals surface area contributed by atoms with Crippen LogP contribution in [0.5, 0.6) is 0 Å². The van der Waals surface area contributed by atoms with Gasteiger partial charge in [0.25, 0.3) is 0 Å². The van der Waals surface area contributed by atoms with E-state index >= 15 is 0 Å². The summed E-state index contributed by atoms with van der Waals surface area (Å²) in [7, 11) is 1.77. The van der Waals surface area contributed by atoms with Gasteiger partial charge in [0.05, 0.1) is 12.2 Å². The van der Waals surface area contributed by atoms with E-state index in [1.807, 2.05) is 45.9 Å². The molecule has 17 heavy (non-hydrogen) atoms. The van der Waals surface area contributed by atoms with Crippen molar-refractivity contribution in [1.29, 1.82) is 0 Å². The predicted molar refractivity (Wildman–Crippen MR) is 68.7 cm³/mol. The second-order valence-corrected chi connectivity index (χ2v) is 5.31. The Morgan fingerprint density at radius 3 is 2.59 bits per heavy atom. The molecule has 1 aromatic heterocycles. The van der Waals surface area contributed by atoms with Crippen molar-refractivity contribution >= 4 is 6.03 Å². The van der Waals surface area contributed by atoms with Gasteiger partial charge in [0.15, 0.2) is 0 Å². The number of pyridine rings is 1. The van der Waals surface area contributed by atoms with Gasteiger partial charge in [-0.3, -0.25) is 4.98 Å². The molecule has 4 nitrogen and oxygen atoms in total. The van der Waals surface area contributed by atoms with Gasteiger partial charge >= 0.3 is 6.03 Å². The summed E-state index contributed by atoms with van der Waals surface area (Å²) in [5.74, 6) is 0. The summed E-state index contributed by atoms with van der Waals surface area (Å²) >= 11 is 0. The maximum absolute atomic E-state index is 11.8. The first-order chi connectivity index (χ1) is 7.78. The number of amides is 2. The molecule has 0 unspecified atom stereocenters. The van der Waals surface area contributed by atoms with Crippen LogP contribution >= 0.6 is 0 Å². The highest BCUT2D eigenvalue weighted by Crippen LogP contribution is 2.04. The van der Waals surface area contributed by atoms with Gasteiger partial charge in [-0.2, -0.15) is 0 Å². The highest BCUT2D eigenvalue weighted by Gasteiger charge is 2.17. The van der Waals surface area contributed by atoms with E-state index in [9.17, 15) is 4.79 Å². The van der Waals surface area contributed by atoms with Crippen LogP contribution in [0.3, 0.4) is 0 Å². The van der Waals surface area contributed by atoms with E-state index in [2.05, 4.69) is 10.3 Å². The van der Waals surface area contributed by atoms with Crippen molar-refractivity contribution in [2.75, 3.05) is 7.05 Å². The van der Waals surface area contributed by atoms with Gasteiger partial charge in [-0.15, -0.1) is 0 Å². The average Bonchev–Trinajstić information content (AvgIpc) is 2.14. The number of nitrogens with zero attached hydrogens (tertiary/aromatic N) is 2. The number of hydrogen-bond acceptors (Lipinski definition) is 2. The van der Waals surface area contributed by atoms with Crippen molar-refractivity contribution in [2.24, 2.45) is 0 Å². The highest BCUT2D eigenvalue weighted by atomic mass is 16.2. The Hall–Kier alpha value is -1.58. The summed E-state index contributed by atoms with van der Waals surface area (Å²) in [6.45, 7) is 8.35. The molecule has 1 rings (SSSR count). The van der Waals surface area contributed by atoms with E-state index in [1.165, 1.54) is 0 Å². The molecule has 0 fully saturated rings. The molecular formula is C13H21N3O. The zero-order valence-electron chi connectivity index (χ0n) is 11.2. The van der Waals surface area contributed by atoms with E-state index in [-0.39, 0.29) is 11.6 Å². The number of rotatable bonds is 2. The van der Waals surface area contributed by atoms with Gasteiger partial charge in [0.2, 0.25) is 0 Å². The van der Waals surface area contributed by atoms with Crippen LogP contribution in [0, 0.1) is 6.92 Å². The molecule has 2 amide bonds. The topological polar surface area (TPSA) is 45.2 Å². The molecule has 94 valence electrons. The standard InChI is InChI=1S/C13H21N3O/c1-10-7-6-8-11(14-10)9-16(5)12(17)15-13(2,3)4/h6-8H,9H2,1-5H3,(H,15,17). The molecule has 0 aliphatic carbocycles. The zero-order chi connectivity index (χ0) is 13.1. The molecule has 0 aliphatic heterocycles. The van der Waals surface area contributed by atoms with Crippen LogP contribution in [0.15, 0.2) is 18.2 Å². The van der Waals surface area contributed by atoms with Gasteiger partial charge in [0, 0.05) is 18.3 Å². The van der Waals surface area contributed by atoms with E-state index < -0.39 is 0 Å². The number of nitrogens with one attached hydrogen (secondary N) is 1. The van der Waals surface area contributed by atoms with E-state index in [1.54, 1.807) is 11.9 Å². The smallest absolute Gasteiger partial charge is 0.317 e. The number of urea groups is 1. The van der Waals surface area contributed by atoms with Crippen molar-refractivity contribution in [3.8, 4) is 0 Å². The Morgan fingerprint density at radius 1 is 1.41 bits per heavy atom. The number of aryl methyl sites for hydroxylation is 1. The zero-order valence-corrected chi connectivity index (χ0v) is 11.2. The lowest BCUT2D eigenvalue weighted by Gasteiger charge is -2.25. The van der Waals surface area contributed by atoms with E-state index in [0.717, 1.165) is 11.4 Å². The maximum atomic E-state index is 11.8. The normalized spacial score (nSPS) is 11.1. The molecule has 0 bridgehead atoms. The van der Waals surface area contributed by atoms with Crippen LogP contribution < -0.4 is 5.32 Å². The fourth-order valence-electron chi connectivity index (χ4n) is 1.42. The lowest BCUT2D eigenvalue weighted by atomic mass is 10.1. The Kier molecular flexibility index (Phi) is 4.10. The fourth-order valence-corrected chi connectivity index (χ4v) is 1.42. The summed E-state index contributed by atoms with van der Waals surface area (Å²) in [6, 6.07) is 5.74. The molecule has 0 saturated carbocycles. The molecule has 0 spiro atoms. The summed E-state index contributed by atoms with van der Waals surface area (Å²) in [5.41, 5.74) is 1.65. The molecule has 0 aliphatic rings. The van der Waals surface area contributed by atoms with Crippen molar-refractivity contribution in [2.45, 2.75) is 39.8 Å². The molecule has 1 heterocycles. The summed E-state index contributed by atoms with van der Waals surface area (Å²) < 4.78 is 0. The van der Waals surface area contributed by atoms with Gasteiger partial charge in [0.1, 0.15) is 0 Å². The van der Waals surface area contributed by atoms with Crippen molar-refractivity contribution < 1.29 is 4.79 Å². The van der Waals surface area contributed by atoms with Crippen LogP contribution in [0.1, 0.15) is 32.2 Å². The molecule has 0 saturated heterocycles. The van der Waals surface area contributed by atoms with Gasteiger partial charge in [-0.05, 0) is 39.8 Å². The Balaban J connectivity index is 2.60. The number of aromatic nitrogens is 1. The molecule has 0 radical (unpaired) electrons. The van der Waals surface area contributed by atoms with E-state index in [0.29, 0.717) is 6.54 Å². The summed E-state index contributed by atoms with van der Waals surface area (Å²) in [6.07, 6.45) is 0. The molecule has 1 aromatic rings. The first-order valence-corrected chi connectivity index (χ1v) is 5.74. The number of carbonyl (C=O) groups is 1. The largest absolute Gasteiger partial charge is 0.333 e. The second-order valence-electron chi connectivity index (χ2n) is 5.31. The Bertz CT molecular complexity index is 396. The minimum absolute atomic E-state index is 0.0826. The maximum Gasteiger partial charge on any atom is 0.317 e. The highest BCUT2D eigenvalue weighted by molar-refractivity contribution is 5.74. The van der Waals surface area contributed by atoms with Crippen molar-refractivity contribution in [3.05, 3.63) is 29.6 Å². The Labute approximate surface area is 103 Å². The summed E-state index contributed by atoms with van der Waals surface area (Å²) in [4.78, 5) is 17.8. The van der Waals surface area contributed by atoms with Crippen LogP contribution in [0.4, 0.5) is 4.79 Å². The third-order valence-corrected chi connectivity index (χ3v) is 2.17. The first-order valence-electron chi connectivity index (χ1n) is 5.74. The molecule has 0 atom stereocenters. The molecule has 0 aromatic carbocycles. The SMILES string of the molecule is Cc1cccc(CN(C)C(=O)NC(C)(C)C)n1. The van der Waals surface area contributed by atoms with Crippen molar-refractivity contribution in [3.63, 3.8) is 0 Å². The first kappa shape index (κ1) is 13.5. The van der Waals surface area contributed by atoms with Crippen molar-refractivity contribution in [1.82, 2.24) is 15.2 Å². The van der Waals surface area contributed by atoms with Crippen LogP contribution in [-0.4, -0.2) is 28.5 Å². The average molecular weight is 235 g/mol. The molecule has 1 N–H and O–H groups in total. The monoisotopic (exact) mass is 235 g/mol. The molecular weight excluding hydrogens is 214 g/mol. The lowest BCUT2D eigenvalue weighted by molar-refractivity contribution is 0.197. The van der Waals surface area contributed by atoms with Crippen LogP contribution in [-0.2, 0) is 6.54 Å². The van der Waals surface area contributed by atoms with Crippen LogP contribution in [0.25, 0.3) is 0 Å². The van der Waals surface area contributed by atoms with Crippen LogP contribution in [0.2, 0.25) is 0 Å². The summed E-state index contributed by atoms with van der Waals surface area (Å²) in [5, 5.41) is 2.91. The minimum atomic E-state index is -0.217. The van der Waals surface area contributed by atoms with E-state index in [4.69, 9.17) is 0 Å². The molecule has 4 heteroatoms. The third-order valence-electron chi connectivity index (χ3n) is 2.17. The lowest BCUT2D eigenvalue weighted by Crippen LogP contribution is -2.46. The van der Waals surface area contributed by atoms with Gasteiger partial charge in [-0.1, -0.05) is 6.07 Å². The third kappa shape index (κ3) is 4.85. The predicted octanol–water partition coefficient (Wildman–Crippen LogP) is 2.33. The van der Waals surface area contributed by atoms with Gasteiger partial charge < -0.3 is 10.2 Å². The fraction of sp³-hybridized carbons (Fsp3) is 0.538. The van der Waals surface area contributed by atoms with Gasteiger partial charge in [-0.25, -0.2) is 4.79 Å². The Morgan fingerprint density at radius 2 is 2.06 bits per heavy atom. The minimum Gasteiger partial charge on any atom is -0.333 e. The second kappa shape index (κ2) is 5.17. The number of hydrogen-bond donors (Lipinski definition) is 1.